The lowest BCUT2D eigenvalue weighted by molar-refractivity contribution is -0.162. The lowest BCUT2D eigenvalue weighted by Crippen LogP contribution is -2.55. The van der Waals surface area contributed by atoms with Crippen LogP contribution in [0.5, 0.6) is 0 Å². The van der Waals surface area contributed by atoms with Crippen LogP contribution in [0.3, 0.4) is 0 Å². The van der Waals surface area contributed by atoms with Crippen molar-refractivity contribution in [2.45, 2.75) is 292 Å². The Balaban J connectivity index is 2.02. The number of Topliss-reactive ketones (excluding diaryl/α,β-unsaturated/α-hetero) is 2. The van der Waals surface area contributed by atoms with Gasteiger partial charge in [-0.3, -0.25) is 48.5 Å². The van der Waals surface area contributed by atoms with E-state index in [4.69, 9.17) is 53.8 Å². The first-order chi connectivity index (χ1) is 52.6. The lowest BCUT2D eigenvalue weighted by atomic mass is 9.76. The number of terminal acetylenes is 1. The summed E-state index contributed by atoms with van der Waals surface area (Å²) in [6.07, 6.45) is 10.8. The van der Waals surface area contributed by atoms with Crippen LogP contribution < -0.4 is 37.2 Å². The lowest BCUT2D eigenvalue weighted by Gasteiger charge is -2.38. The molecule has 632 valence electrons. The molecule has 0 heterocycles. The average Bonchev–Trinajstić information content (AvgIpc) is 1.64. The Labute approximate surface area is 659 Å². The van der Waals surface area contributed by atoms with Gasteiger partial charge in [0.1, 0.15) is 41.6 Å². The molecule has 0 aromatic heterocycles. The summed E-state index contributed by atoms with van der Waals surface area (Å²) in [4.78, 5) is 163. The summed E-state index contributed by atoms with van der Waals surface area (Å²) in [6, 6.07) is -2.68. The van der Waals surface area contributed by atoms with Crippen LogP contribution in [0.25, 0.3) is 0 Å². The Morgan fingerprint density at radius 3 is 1.56 bits per heavy atom. The van der Waals surface area contributed by atoms with E-state index in [2.05, 4.69) is 54.7 Å². The molecule has 2 rings (SSSR count). The van der Waals surface area contributed by atoms with E-state index in [1.807, 2.05) is 27.7 Å². The number of nitrogens with one attached hydrogen (secondary N) is 7. The molecule has 2 fully saturated rings. The topological polar surface area (TPSA) is 394 Å². The average molecular weight is 1570 g/mol. The predicted molar refractivity (Wildman–Crippen MR) is 417 cm³/mol. The van der Waals surface area contributed by atoms with E-state index in [0.717, 1.165) is 19.3 Å². The highest BCUT2D eigenvalue weighted by atomic mass is 16.6. The van der Waals surface area contributed by atoms with Gasteiger partial charge in [-0.15, -0.1) is 6.42 Å². The number of hydrogen-bond donors (Lipinski definition) is 7. The molecule has 30 nitrogen and oxygen atoms in total. The molecule has 0 bridgehead atoms. The predicted octanol–water partition coefficient (Wildman–Crippen LogP) is 9.92. The molecule has 7 amide bonds. The van der Waals surface area contributed by atoms with Gasteiger partial charge in [0.2, 0.25) is 23.6 Å². The molecule has 2 aliphatic rings. The van der Waals surface area contributed by atoms with Crippen molar-refractivity contribution in [3.8, 4) is 12.3 Å². The van der Waals surface area contributed by atoms with Crippen LogP contribution in [-0.4, -0.2) is 205 Å². The maximum atomic E-state index is 13.8. The van der Waals surface area contributed by atoms with Gasteiger partial charge < -0.3 is 79.3 Å². The van der Waals surface area contributed by atoms with E-state index in [1.54, 1.807) is 48.5 Å². The third-order valence-corrected chi connectivity index (χ3v) is 19.7. The smallest absolute Gasteiger partial charge is 0.434 e. The van der Waals surface area contributed by atoms with Gasteiger partial charge in [-0.05, 0) is 118 Å². The monoisotopic (exact) mass is 1570 g/mol. The molecule has 0 aromatic carbocycles. The normalized spacial score (nSPS) is 19.1. The maximum Gasteiger partial charge on any atom is 0.434 e. The zero-order chi connectivity index (χ0) is 83.1. The molecule has 0 aromatic rings. The number of esters is 3. The number of carbonyl (C=O) groups excluding carboxylic acids is 12. The number of ketones is 2. The number of ether oxygens (including phenoxy) is 10. The van der Waals surface area contributed by atoms with Gasteiger partial charge in [-0.25, -0.2) is 14.4 Å². The minimum Gasteiger partial charge on any atom is -0.469 e. The number of hydrogen-bond acceptors (Lipinski definition) is 23. The van der Waals surface area contributed by atoms with Gasteiger partial charge in [0.15, 0.2) is 5.78 Å². The molecule has 7 N–H and O–H groups in total. The Hall–Kier alpha value is -7.75. The highest BCUT2D eigenvalue weighted by Gasteiger charge is 2.55. The first kappa shape index (κ1) is 99.3. The minimum atomic E-state index is -1.05. The van der Waals surface area contributed by atoms with Crippen molar-refractivity contribution in [1.29, 1.82) is 0 Å². The first-order valence-electron chi connectivity index (χ1n) is 40.1. The van der Waals surface area contributed by atoms with Crippen molar-refractivity contribution in [3.63, 3.8) is 0 Å². The highest BCUT2D eigenvalue weighted by molar-refractivity contribution is 5.93. The quantitative estimate of drug-likeness (QED) is 0.00978. The van der Waals surface area contributed by atoms with Crippen molar-refractivity contribution < 1.29 is 105 Å². The van der Waals surface area contributed by atoms with Crippen LogP contribution in [0, 0.1) is 53.8 Å². The molecule has 11 atom stereocenters. The van der Waals surface area contributed by atoms with E-state index >= 15 is 0 Å². The van der Waals surface area contributed by atoms with Crippen molar-refractivity contribution in [1.82, 2.24) is 37.2 Å². The van der Waals surface area contributed by atoms with Crippen LogP contribution in [0.1, 0.15) is 244 Å². The molecule has 0 saturated heterocycles. The Morgan fingerprint density at radius 1 is 0.532 bits per heavy atom. The van der Waals surface area contributed by atoms with Gasteiger partial charge in [-0.2, -0.15) is 4.99 Å². The molecule has 2 aliphatic carbocycles. The molecule has 0 radical (unpaired) electrons. The molecule has 0 spiro atoms. The number of amides is 7. The molecule has 111 heavy (non-hydrogen) atoms. The molecular weight excluding hydrogens is 1440 g/mol. The standard InChI is InChI=1S/C81H136N8O22/c1-18-42-104-44-46-106-48-49-107-47-45-105-43-39-67(95)89-63(36-35-60(92)33-29-25-23-28-32-41-83-77(99)109-74-62(76(98)103-17)52-64(85-54(7)86-79(101)111-81(13,14)15)70(74)72(88-56(9)91)58(21-4)22-5)65(93)37-38-66(94)82-40-31-27-24-26-30-34-68(96)108-73-61(75(97)102-16)51-59(50-53(6)84-78(100)110-80(10,11)12)69(73)71(87-55(8)90)57(19-2)20-3/h1,57-59,61-64,69-74,85H,7,19-52H2,2-6,8-17H3,(H,82,94)(H,83,99)(H,86,101)(H,87,90)(H,88,91)(H,89,95)/t59-,61+,62+,63-,64-,69-,70-,71+,72+,73-,74-/m1/s1. The Morgan fingerprint density at radius 2 is 1.03 bits per heavy atom. The van der Waals surface area contributed by atoms with E-state index in [9.17, 15) is 57.5 Å². The molecule has 0 unspecified atom stereocenters. The second-order valence-electron chi connectivity index (χ2n) is 30.8. The Bertz CT molecular complexity index is 2970. The second-order valence-corrected chi connectivity index (χ2v) is 30.8. The fourth-order valence-electron chi connectivity index (χ4n) is 14.5. The highest BCUT2D eigenvalue weighted by Crippen LogP contribution is 2.46. The van der Waals surface area contributed by atoms with E-state index in [1.165, 1.54) is 28.1 Å². The summed E-state index contributed by atoms with van der Waals surface area (Å²) in [5.41, 5.74) is -1.07. The third-order valence-electron chi connectivity index (χ3n) is 19.7. The molecular formula is C81H136N8O22. The number of methoxy groups -OCH3 is 2. The number of rotatable bonds is 56. The number of unbranched alkanes of at least 4 members (excludes halogenated alkanes) is 8. The van der Waals surface area contributed by atoms with Crippen molar-refractivity contribution in [2.75, 3.05) is 80.2 Å². The summed E-state index contributed by atoms with van der Waals surface area (Å²) >= 11 is 0. The van der Waals surface area contributed by atoms with Crippen molar-refractivity contribution >= 4 is 77.1 Å². The fourth-order valence-corrected chi connectivity index (χ4v) is 14.5. The number of aliphatic imine (C=N–C) groups is 1. The summed E-state index contributed by atoms with van der Waals surface area (Å²) in [5, 5.41) is 20.4. The van der Waals surface area contributed by atoms with Gasteiger partial charge in [0.25, 0.3) is 0 Å². The van der Waals surface area contributed by atoms with Gasteiger partial charge in [-0.1, -0.05) is 104 Å². The van der Waals surface area contributed by atoms with E-state index in [-0.39, 0.29) is 144 Å². The Kier molecular flexibility index (Phi) is 49.1. The van der Waals surface area contributed by atoms with Crippen LogP contribution in [-0.2, 0) is 90.5 Å². The number of alkyl carbamates (subject to hydrolysis) is 2. The van der Waals surface area contributed by atoms with Crippen molar-refractivity contribution in [3.05, 3.63) is 12.4 Å². The van der Waals surface area contributed by atoms with Crippen LogP contribution >= 0.6 is 0 Å². The summed E-state index contributed by atoms with van der Waals surface area (Å²) < 4.78 is 55.3. The summed E-state index contributed by atoms with van der Waals surface area (Å²) in [7, 11) is 2.53. The first-order valence-corrected chi connectivity index (χ1v) is 40.1. The summed E-state index contributed by atoms with van der Waals surface area (Å²) in [5.74, 6) is -4.42. The van der Waals surface area contributed by atoms with Gasteiger partial charge in [0, 0.05) is 101 Å². The van der Waals surface area contributed by atoms with Crippen LogP contribution in [0.2, 0.25) is 0 Å². The van der Waals surface area contributed by atoms with Crippen molar-refractivity contribution in [2.24, 2.45) is 46.4 Å². The SMILES string of the molecule is C#CCOCCOCCOCCOCCC(=O)N[C@H](CCC(=O)CCCCCCCNC(=O)O[C@H]1[C@@H]([C@@H](NC(C)=O)C(CC)CC)[C@H](NC(=C)NC(=O)OC(C)(C)C)C[C@@H]1C(=O)OC)C(=O)CCC(=O)NCCCCCCCC(=O)O[C@H]1[C@@H]([C@@H](NC(C)=O)C(CC)CC)[C@H](CC(C)=NC(=O)OC(C)(C)C)C[C@@H]1C(=O)OC. The van der Waals surface area contributed by atoms with Gasteiger partial charge in [0.05, 0.1) is 78.3 Å². The van der Waals surface area contributed by atoms with Crippen LogP contribution in [0.15, 0.2) is 17.4 Å². The van der Waals surface area contributed by atoms with E-state index < -0.39 is 119 Å². The largest absolute Gasteiger partial charge is 0.469 e. The fraction of sp³-hybridized carbons (Fsp3) is 0.790. The number of nitrogens with zero attached hydrogens (tertiary/aromatic N) is 1. The molecule has 0 aliphatic heterocycles. The number of carbonyl (C=O) groups is 12. The minimum absolute atomic E-state index is 0.00770. The maximum absolute atomic E-state index is 13.8. The van der Waals surface area contributed by atoms with Gasteiger partial charge >= 0.3 is 36.2 Å². The summed E-state index contributed by atoms with van der Waals surface area (Å²) in [6.45, 7) is 29.6. The zero-order valence-corrected chi connectivity index (χ0v) is 69.3. The second kappa shape index (κ2) is 54.8. The molecule has 30 heteroatoms. The third kappa shape index (κ3) is 41.6. The molecule has 2 saturated carbocycles. The zero-order valence-electron chi connectivity index (χ0n) is 69.3. The van der Waals surface area contributed by atoms with E-state index in [0.29, 0.717) is 109 Å². The van der Waals surface area contributed by atoms with Crippen LogP contribution in [0.4, 0.5) is 14.4 Å².